The summed E-state index contributed by atoms with van der Waals surface area (Å²) in [6.45, 7) is 0. The van der Waals surface area contributed by atoms with Crippen LogP contribution < -0.4 is 9.47 Å². The minimum atomic E-state index is 0.908. The molecule has 0 aliphatic heterocycles. The molecule has 0 spiro atoms. The van der Waals surface area contributed by atoms with E-state index in [1.165, 1.54) is 11.1 Å². The van der Waals surface area contributed by atoms with Gasteiger partial charge in [-0.1, -0.05) is 51.9 Å². The van der Waals surface area contributed by atoms with E-state index in [2.05, 4.69) is 35.7 Å². The van der Waals surface area contributed by atoms with Crippen LogP contribution in [-0.4, -0.2) is 20.0 Å². The monoisotopic (exact) mass is 378 g/mol. The second kappa shape index (κ2) is 11.4. The first-order valence-electron chi connectivity index (χ1n) is 7.58. The minimum absolute atomic E-state index is 0.908. The highest BCUT2D eigenvalue weighted by atomic mass is 33.1. The van der Waals surface area contributed by atoms with Gasteiger partial charge < -0.3 is 9.47 Å². The molecular weight excluding hydrogens is 356 g/mol. The largest absolute Gasteiger partial charge is 0.497 e. The topological polar surface area (TPSA) is 18.5 Å². The van der Waals surface area contributed by atoms with Crippen LogP contribution in [-0.2, 0) is 11.5 Å². The lowest BCUT2D eigenvalue weighted by Gasteiger charge is -2.02. The fraction of sp³-hybridized carbons (Fsp3) is 0.263. The first-order chi connectivity index (χ1) is 11.8. The Kier molecular flexibility index (Phi) is 9.10. The van der Waals surface area contributed by atoms with Crippen molar-refractivity contribution in [2.24, 2.45) is 0 Å². The number of benzene rings is 2. The number of hydrogen-bond donors (Lipinski definition) is 0. The van der Waals surface area contributed by atoms with Crippen molar-refractivity contribution in [1.29, 1.82) is 0 Å². The number of methoxy groups -OCH3 is 2. The molecule has 0 radical (unpaired) electrons. The Hall–Kier alpha value is -1.17. The quantitative estimate of drug-likeness (QED) is 0.370. The zero-order chi connectivity index (χ0) is 17.0. The Balaban J connectivity index is 1.55. The maximum absolute atomic E-state index is 5.16. The molecule has 2 nitrogen and oxygen atoms in total. The van der Waals surface area contributed by atoms with Gasteiger partial charge in [0.25, 0.3) is 0 Å². The van der Waals surface area contributed by atoms with Crippen molar-refractivity contribution in [3.05, 3.63) is 71.1 Å². The zero-order valence-corrected chi connectivity index (χ0v) is 16.4. The Labute approximate surface area is 156 Å². The summed E-state index contributed by atoms with van der Waals surface area (Å²) in [4.78, 5) is 0. The van der Waals surface area contributed by atoms with Crippen LogP contribution in [0.5, 0.6) is 11.5 Å². The fourth-order valence-corrected chi connectivity index (χ4v) is 4.54. The summed E-state index contributed by atoms with van der Waals surface area (Å²) in [5.41, 5.74) is 2.64. The molecule has 0 fully saturated rings. The number of hydrogen-bond acceptors (Lipinski definition) is 5. The molecule has 24 heavy (non-hydrogen) atoms. The van der Waals surface area contributed by atoms with Crippen LogP contribution in [0.2, 0.25) is 0 Å². The number of rotatable bonds is 10. The Morgan fingerprint density at radius 2 is 1.33 bits per heavy atom. The van der Waals surface area contributed by atoms with E-state index in [-0.39, 0.29) is 0 Å². The second-order valence-corrected chi connectivity index (χ2v) is 8.25. The molecule has 2 rings (SSSR count). The summed E-state index contributed by atoms with van der Waals surface area (Å²) in [7, 11) is 7.01. The molecular formula is C19H22O2S3. The van der Waals surface area contributed by atoms with Crippen LogP contribution >= 0.6 is 33.3 Å². The molecule has 0 saturated heterocycles. The van der Waals surface area contributed by atoms with E-state index >= 15 is 0 Å². The van der Waals surface area contributed by atoms with Crippen LogP contribution in [0.4, 0.5) is 0 Å². The smallest absolute Gasteiger partial charge is 0.118 e. The molecule has 2 aromatic carbocycles. The van der Waals surface area contributed by atoms with Crippen LogP contribution in [0.1, 0.15) is 11.1 Å². The molecule has 0 bridgehead atoms. The maximum Gasteiger partial charge on any atom is 0.118 e. The standard InChI is InChI=1S/C19H22O2S3/c1-20-18-8-4-16(5-9-18)14-22-12-3-13-23-24-15-17-6-10-19(21-2)11-7-17/h3-11,13H,12,14-15H2,1-2H3/b13-3+. The third-order valence-electron chi connectivity index (χ3n) is 3.25. The van der Waals surface area contributed by atoms with Gasteiger partial charge in [0.15, 0.2) is 0 Å². The van der Waals surface area contributed by atoms with Crippen LogP contribution in [0.25, 0.3) is 0 Å². The lowest BCUT2D eigenvalue weighted by molar-refractivity contribution is 0.414. The van der Waals surface area contributed by atoms with Gasteiger partial charge in [0.05, 0.1) is 14.2 Å². The maximum atomic E-state index is 5.16. The molecule has 0 aliphatic rings. The molecule has 0 N–H and O–H groups in total. The highest BCUT2D eigenvalue weighted by molar-refractivity contribution is 8.77. The molecule has 0 aliphatic carbocycles. The highest BCUT2D eigenvalue weighted by Crippen LogP contribution is 2.28. The SMILES string of the molecule is COc1ccc(CSC/C=C/SSCc2ccc(OC)cc2)cc1. The summed E-state index contributed by atoms with van der Waals surface area (Å²) < 4.78 is 10.3. The average Bonchev–Trinajstić information content (AvgIpc) is 2.65. The molecule has 0 aromatic heterocycles. The van der Waals surface area contributed by atoms with Gasteiger partial charge in [-0.05, 0) is 40.8 Å². The van der Waals surface area contributed by atoms with E-state index in [1.54, 1.807) is 25.0 Å². The third-order valence-corrected chi connectivity index (χ3v) is 6.20. The van der Waals surface area contributed by atoms with E-state index in [9.17, 15) is 0 Å². The van der Waals surface area contributed by atoms with Gasteiger partial charge in [0, 0.05) is 17.3 Å². The molecule has 0 heterocycles. The molecule has 128 valence electrons. The first-order valence-corrected chi connectivity index (χ1v) is 11.1. The van der Waals surface area contributed by atoms with Gasteiger partial charge in [0.1, 0.15) is 11.5 Å². The lowest BCUT2D eigenvalue weighted by Crippen LogP contribution is -1.84. The van der Waals surface area contributed by atoms with Crippen molar-refractivity contribution in [1.82, 2.24) is 0 Å². The van der Waals surface area contributed by atoms with Gasteiger partial charge in [-0.2, -0.15) is 11.8 Å². The van der Waals surface area contributed by atoms with E-state index in [0.717, 1.165) is 28.8 Å². The number of ether oxygens (including phenoxy) is 2. The fourth-order valence-electron chi connectivity index (χ4n) is 1.91. The Morgan fingerprint density at radius 1 is 0.792 bits per heavy atom. The van der Waals surface area contributed by atoms with Crippen molar-refractivity contribution < 1.29 is 9.47 Å². The Bertz CT molecular complexity index is 554. The minimum Gasteiger partial charge on any atom is -0.497 e. The molecule has 0 amide bonds. The van der Waals surface area contributed by atoms with Crippen LogP contribution in [0, 0.1) is 0 Å². The van der Waals surface area contributed by atoms with Crippen molar-refractivity contribution in [3.8, 4) is 11.5 Å². The second-order valence-electron chi connectivity index (χ2n) is 4.94. The average molecular weight is 379 g/mol. The van der Waals surface area contributed by atoms with Gasteiger partial charge in [-0.3, -0.25) is 0 Å². The highest BCUT2D eigenvalue weighted by Gasteiger charge is 1.96. The molecule has 0 saturated carbocycles. The van der Waals surface area contributed by atoms with Crippen molar-refractivity contribution >= 4 is 33.3 Å². The Morgan fingerprint density at radius 3 is 1.88 bits per heavy atom. The van der Waals surface area contributed by atoms with Crippen molar-refractivity contribution in [2.45, 2.75) is 11.5 Å². The molecule has 2 aromatic rings. The normalized spacial score (nSPS) is 10.9. The van der Waals surface area contributed by atoms with E-state index in [1.807, 2.05) is 46.8 Å². The number of thioether (sulfide) groups is 1. The van der Waals surface area contributed by atoms with Gasteiger partial charge in [0.2, 0.25) is 0 Å². The van der Waals surface area contributed by atoms with Crippen LogP contribution in [0.15, 0.2) is 60.0 Å². The zero-order valence-electron chi connectivity index (χ0n) is 13.9. The summed E-state index contributed by atoms with van der Waals surface area (Å²) in [5, 5.41) is 2.18. The predicted molar refractivity (Wildman–Crippen MR) is 110 cm³/mol. The summed E-state index contributed by atoms with van der Waals surface area (Å²) >= 11 is 1.91. The summed E-state index contributed by atoms with van der Waals surface area (Å²) in [5.74, 6) is 4.87. The van der Waals surface area contributed by atoms with Gasteiger partial charge in [-0.25, -0.2) is 0 Å². The van der Waals surface area contributed by atoms with E-state index in [4.69, 9.17) is 9.47 Å². The van der Waals surface area contributed by atoms with Crippen molar-refractivity contribution in [2.75, 3.05) is 20.0 Å². The van der Waals surface area contributed by atoms with E-state index in [0.29, 0.717) is 0 Å². The third kappa shape index (κ3) is 7.16. The van der Waals surface area contributed by atoms with Gasteiger partial charge >= 0.3 is 0 Å². The predicted octanol–water partition coefficient (Wildman–Crippen LogP) is 6.03. The molecule has 0 unspecified atom stereocenters. The van der Waals surface area contributed by atoms with Crippen LogP contribution in [0.3, 0.4) is 0 Å². The first kappa shape index (κ1) is 19.2. The van der Waals surface area contributed by atoms with E-state index < -0.39 is 0 Å². The lowest BCUT2D eigenvalue weighted by atomic mass is 10.2. The molecule has 0 atom stereocenters. The van der Waals surface area contributed by atoms with Gasteiger partial charge in [-0.15, -0.1) is 0 Å². The molecule has 5 heteroatoms. The summed E-state index contributed by atoms with van der Waals surface area (Å²) in [6.07, 6.45) is 2.22. The summed E-state index contributed by atoms with van der Waals surface area (Å²) in [6, 6.07) is 16.5. The van der Waals surface area contributed by atoms with Crippen molar-refractivity contribution in [3.63, 3.8) is 0 Å².